The van der Waals surface area contributed by atoms with Crippen LogP contribution in [0, 0.1) is 0 Å². The van der Waals surface area contributed by atoms with Crippen LogP contribution in [0.2, 0.25) is 5.02 Å². The average Bonchev–Trinajstić information content (AvgIpc) is 2.65. The van der Waals surface area contributed by atoms with Gasteiger partial charge in [0, 0.05) is 24.5 Å². The first-order valence-electron chi connectivity index (χ1n) is 4.67. The normalized spacial score (nSPS) is 12.7. The topological polar surface area (TPSA) is 43.8 Å². The maximum Gasteiger partial charge on any atom is 0.129 e. The van der Waals surface area contributed by atoms with E-state index in [0.717, 1.165) is 11.4 Å². The minimum atomic E-state index is -0.206. The van der Waals surface area contributed by atoms with Crippen LogP contribution < -0.4 is 5.73 Å². The van der Waals surface area contributed by atoms with Crippen molar-refractivity contribution < 1.29 is 0 Å². The molecule has 0 spiro atoms. The lowest BCUT2D eigenvalue weighted by Gasteiger charge is -2.11. The monoisotopic (exact) mass is 221 g/mol. The van der Waals surface area contributed by atoms with Gasteiger partial charge in [-0.2, -0.15) is 0 Å². The van der Waals surface area contributed by atoms with Crippen LogP contribution in [0.5, 0.6) is 0 Å². The van der Waals surface area contributed by atoms with Crippen LogP contribution in [-0.4, -0.2) is 9.55 Å². The molecule has 0 saturated heterocycles. The number of imidazole rings is 1. The van der Waals surface area contributed by atoms with Gasteiger partial charge in [-0.15, -0.1) is 0 Å². The van der Waals surface area contributed by atoms with Crippen LogP contribution in [0.4, 0.5) is 0 Å². The fourth-order valence-corrected chi connectivity index (χ4v) is 1.62. The summed E-state index contributed by atoms with van der Waals surface area (Å²) in [5.74, 6) is 0.845. The Kier molecular flexibility index (Phi) is 2.75. The molecule has 0 fully saturated rings. The second-order valence-corrected chi connectivity index (χ2v) is 3.86. The van der Waals surface area contributed by atoms with Gasteiger partial charge >= 0.3 is 0 Å². The van der Waals surface area contributed by atoms with Gasteiger partial charge in [0.1, 0.15) is 5.82 Å². The van der Waals surface area contributed by atoms with E-state index in [4.69, 9.17) is 17.3 Å². The molecule has 78 valence electrons. The third kappa shape index (κ3) is 2.03. The molecule has 1 aromatic heterocycles. The Labute approximate surface area is 93.5 Å². The number of nitrogens with zero attached hydrogens (tertiary/aromatic N) is 2. The van der Waals surface area contributed by atoms with E-state index in [1.807, 2.05) is 42.1 Å². The number of hydrogen-bond acceptors (Lipinski definition) is 2. The smallest absolute Gasteiger partial charge is 0.129 e. The third-order valence-corrected chi connectivity index (χ3v) is 2.62. The summed E-state index contributed by atoms with van der Waals surface area (Å²) in [5, 5.41) is 0.714. The molecule has 0 radical (unpaired) electrons. The van der Waals surface area contributed by atoms with Gasteiger partial charge in [0.25, 0.3) is 0 Å². The molecule has 0 amide bonds. The fourth-order valence-electron chi connectivity index (χ4n) is 1.50. The van der Waals surface area contributed by atoms with Crippen LogP contribution >= 0.6 is 11.6 Å². The minimum Gasteiger partial charge on any atom is -0.336 e. The molecular weight excluding hydrogens is 210 g/mol. The summed E-state index contributed by atoms with van der Waals surface area (Å²) in [6.45, 7) is 0. The van der Waals surface area contributed by atoms with E-state index in [1.165, 1.54) is 0 Å². The summed E-state index contributed by atoms with van der Waals surface area (Å²) in [7, 11) is 1.93. The lowest BCUT2D eigenvalue weighted by atomic mass is 10.1. The minimum absolute atomic E-state index is 0.206. The van der Waals surface area contributed by atoms with Crippen LogP contribution in [-0.2, 0) is 7.05 Å². The van der Waals surface area contributed by atoms with Gasteiger partial charge in [-0.25, -0.2) is 4.98 Å². The van der Waals surface area contributed by atoms with Crippen molar-refractivity contribution >= 4 is 11.6 Å². The Morgan fingerprint density at radius 1 is 1.33 bits per heavy atom. The number of rotatable bonds is 2. The molecule has 1 heterocycles. The highest BCUT2D eigenvalue weighted by Crippen LogP contribution is 2.19. The highest BCUT2D eigenvalue weighted by Gasteiger charge is 2.12. The van der Waals surface area contributed by atoms with Crippen LogP contribution in [0.1, 0.15) is 17.4 Å². The second-order valence-electron chi connectivity index (χ2n) is 3.43. The first kappa shape index (κ1) is 10.2. The van der Waals surface area contributed by atoms with E-state index in [0.29, 0.717) is 5.02 Å². The van der Waals surface area contributed by atoms with Crippen molar-refractivity contribution in [3.05, 3.63) is 53.1 Å². The predicted molar refractivity (Wildman–Crippen MR) is 60.7 cm³/mol. The van der Waals surface area contributed by atoms with Gasteiger partial charge in [-0.05, 0) is 17.7 Å². The lowest BCUT2D eigenvalue weighted by Crippen LogP contribution is -2.16. The third-order valence-electron chi connectivity index (χ3n) is 2.37. The molecule has 0 aliphatic rings. The van der Waals surface area contributed by atoms with Crippen LogP contribution in [0.3, 0.4) is 0 Å². The maximum absolute atomic E-state index is 6.09. The summed E-state index contributed by atoms with van der Waals surface area (Å²) < 4.78 is 1.92. The SMILES string of the molecule is Cn1ccnc1[C@@H](N)c1ccc(Cl)cc1. The molecule has 2 N–H and O–H groups in total. The molecule has 0 aliphatic heterocycles. The zero-order valence-corrected chi connectivity index (χ0v) is 9.15. The largest absolute Gasteiger partial charge is 0.336 e. The Hall–Kier alpha value is -1.32. The van der Waals surface area contributed by atoms with E-state index in [2.05, 4.69) is 4.98 Å². The van der Waals surface area contributed by atoms with E-state index in [-0.39, 0.29) is 6.04 Å². The van der Waals surface area contributed by atoms with Crippen molar-refractivity contribution in [2.75, 3.05) is 0 Å². The van der Waals surface area contributed by atoms with Crippen LogP contribution in [0.25, 0.3) is 0 Å². The first-order chi connectivity index (χ1) is 7.18. The Morgan fingerprint density at radius 2 is 2.00 bits per heavy atom. The Morgan fingerprint density at radius 3 is 2.53 bits per heavy atom. The van der Waals surface area contributed by atoms with Crippen molar-refractivity contribution in [3.63, 3.8) is 0 Å². The first-order valence-corrected chi connectivity index (χ1v) is 5.04. The maximum atomic E-state index is 6.09. The molecule has 1 atom stereocenters. The molecule has 15 heavy (non-hydrogen) atoms. The Balaban J connectivity index is 2.32. The number of hydrogen-bond donors (Lipinski definition) is 1. The quantitative estimate of drug-likeness (QED) is 0.844. The van der Waals surface area contributed by atoms with Gasteiger partial charge in [0.05, 0.1) is 6.04 Å². The molecular formula is C11H12ClN3. The fraction of sp³-hybridized carbons (Fsp3) is 0.182. The average molecular weight is 222 g/mol. The summed E-state index contributed by atoms with van der Waals surface area (Å²) in [6.07, 6.45) is 3.62. The van der Waals surface area contributed by atoms with Crippen molar-refractivity contribution in [1.82, 2.24) is 9.55 Å². The number of aryl methyl sites for hydroxylation is 1. The van der Waals surface area contributed by atoms with Crippen LogP contribution in [0.15, 0.2) is 36.7 Å². The zero-order chi connectivity index (χ0) is 10.8. The standard InChI is InChI=1S/C11H12ClN3/c1-15-7-6-14-11(15)10(13)8-2-4-9(12)5-3-8/h2-7,10H,13H2,1H3/t10-/m0/s1. The van der Waals surface area contributed by atoms with Gasteiger partial charge in [-0.1, -0.05) is 23.7 Å². The molecule has 3 nitrogen and oxygen atoms in total. The highest BCUT2D eigenvalue weighted by molar-refractivity contribution is 6.30. The van der Waals surface area contributed by atoms with Crippen molar-refractivity contribution in [3.8, 4) is 0 Å². The number of nitrogens with two attached hydrogens (primary N) is 1. The van der Waals surface area contributed by atoms with E-state index in [1.54, 1.807) is 6.20 Å². The molecule has 2 rings (SSSR count). The molecule has 0 bridgehead atoms. The summed E-state index contributed by atoms with van der Waals surface area (Å²) >= 11 is 5.81. The van der Waals surface area contributed by atoms with Crippen molar-refractivity contribution in [1.29, 1.82) is 0 Å². The molecule has 0 saturated carbocycles. The molecule has 1 aromatic carbocycles. The van der Waals surface area contributed by atoms with Gasteiger partial charge in [0.15, 0.2) is 0 Å². The van der Waals surface area contributed by atoms with Crippen molar-refractivity contribution in [2.45, 2.75) is 6.04 Å². The summed E-state index contributed by atoms with van der Waals surface area (Å²) in [5.41, 5.74) is 7.09. The van der Waals surface area contributed by atoms with E-state index < -0.39 is 0 Å². The van der Waals surface area contributed by atoms with E-state index >= 15 is 0 Å². The molecule has 4 heteroatoms. The number of halogens is 1. The number of benzene rings is 1. The van der Waals surface area contributed by atoms with Gasteiger partial charge < -0.3 is 10.3 Å². The van der Waals surface area contributed by atoms with Crippen molar-refractivity contribution in [2.24, 2.45) is 12.8 Å². The highest BCUT2D eigenvalue weighted by atomic mass is 35.5. The van der Waals surface area contributed by atoms with E-state index in [9.17, 15) is 0 Å². The Bertz CT molecular complexity index is 447. The van der Waals surface area contributed by atoms with Gasteiger partial charge in [0.2, 0.25) is 0 Å². The summed E-state index contributed by atoms with van der Waals surface area (Å²) in [4.78, 5) is 4.22. The summed E-state index contributed by atoms with van der Waals surface area (Å²) in [6, 6.07) is 7.30. The molecule has 0 unspecified atom stereocenters. The number of aromatic nitrogens is 2. The zero-order valence-electron chi connectivity index (χ0n) is 8.39. The molecule has 0 aliphatic carbocycles. The molecule has 2 aromatic rings. The second kappa shape index (κ2) is 4.04. The lowest BCUT2D eigenvalue weighted by molar-refractivity contribution is 0.717. The van der Waals surface area contributed by atoms with Gasteiger partial charge in [-0.3, -0.25) is 0 Å². The predicted octanol–water partition coefficient (Wildman–Crippen LogP) is 2.12.